The summed E-state index contributed by atoms with van der Waals surface area (Å²) in [6.07, 6.45) is -9.38. The van der Waals surface area contributed by atoms with Crippen LogP contribution in [0.1, 0.15) is 23.1 Å². The molecule has 1 aliphatic rings. The van der Waals surface area contributed by atoms with Crippen molar-refractivity contribution < 1.29 is 45.8 Å². The third-order valence-electron chi connectivity index (χ3n) is 5.18. The molecule has 0 bridgehead atoms. The Balaban J connectivity index is 2.00. The average molecular weight is 549 g/mol. The molecule has 37 heavy (non-hydrogen) atoms. The monoisotopic (exact) mass is 548 g/mol. The minimum atomic E-state index is -5.37. The first-order valence-electron chi connectivity index (χ1n) is 10.9. The number of rotatable bonds is 7. The number of hydrogen-bond acceptors (Lipinski definition) is 5. The Labute approximate surface area is 212 Å². The molecule has 13 heteroatoms. The lowest BCUT2D eigenvalue weighted by molar-refractivity contribution is -0.163. The second-order valence-electron chi connectivity index (χ2n) is 7.82. The highest BCUT2D eigenvalue weighted by Crippen LogP contribution is 2.48. The highest BCUT2D eigenvalue weighted by Gasteiger charge is 2.46. The number of aliphatic hydroxyl groups is 1. The van der Waals surface area contributed by atoms with Gasteiger partial charge < -0.3 is 20.1 Å². The molecule has 2 N–H and O–H groups in total. The summed E-state index contributed by atoms with van der Waals surface area (Å²) in [5.41, 5.74) is -4.37. The number of ether oxygens (including phenoxy) is 1. The van der Waals surface area contributed by atoms with Crippen LogP contribution < -0.4 is 5.32 Å². The number of alkyl halides is 6. The van der Waals surface area contributed by atoms with Crippen LogP contribution in [0.15, 0.2) is 52.3 Å². The van der Waals surface area contributed by atoms with Gasteiger partial charge in [-0.25, -0.2) is 0 Å². The van der Waals surface area contributed by atoms with Crippen molar-refractivity contribution in [2.45, 2.75) is 28.6 Å². The van der Waals surface area contributed by atoms with E-state index in [1.807, 2.05) is 0 Å². The molecule has 0 aromatic heterocycles. The lowest BCUT2D eigenvalue weighted by atomic mass is 9.99. The molecule has 2 aromatic carbocycles. The van der Waals surface area contributed by atoms with Crippen LogP contribution in [0.4, 0.5) is 32.0 Å². The number of carbonyl (C=O) groups excluding carboxylic acids is 2. The highest BCUT2D eigenvalue weighted by molar-refractivity contribution is 7.99. The van der Waals surface area contributed by atoms with Crippen molar-refractivity contribution in [1.82, 2.24) is 4.90 Å². The SMILES string of the molecule is O=C(CCO)Nc1cccc(Sc2ccc(C=CC(=O)N3CCOCC3)c(C(F)(F)F)c2C(F)(F)F)c1. The predicted molar refractivity (Wildman–Crippen MR) is 124 cm³/mol. The molecule has 0 radical (unpaired) electrons. The van der Waals surface area contributed by atoms with Gasteiger partial charge in [-0.1, -0.05) is 23.9 Å². The number of aliphatic hydroxyl groups excluding tert-OH is 1. The van der Waals surface area contributed by atoms with Crippen LogP contribution >= 0.6 is 11.8 Å². The molecular weight excluding hydrogens is 526 g/mol. The number of morpholine rings is 1. The largest absolute Gasteiger partial charge is 0.418 e. The summed E-state index contributed by atoms with van der Waals surface area (Å²) in [5.74, 6) is -1.17. The van der Waals surface area contributed by atoms with Gasteiger partial charge in [0.05, 0.1) is 37.4 Å². The summed E-state index contributed by atoms with van der Waals surface area (Å²) in [4.78, 5) is 24.8. The summed E-state index contributed by atoms with van der Waals surface area (Å²) >= 11 is 0.448. The smallest absolute Gasteiger partial charge is 0.396 e. The number of anilines is 1. The maximum absolute atomic E-state index is 14.0. The zero-order valence-electron chi connectivity index (χ0n) is 19.2. The van der Waals surface area contributed by atoms with Crippen molar-refractivity contribution in [2.75, 3.05) is 38.2 Å². The lowest BCUT2D eigenvalue weighted by Crippen LogP contribution is -2.39. The number of carbonyl (C=O) groups is 2. The second kappa shape index (κ2) is 12.0. The molecule has 0 spiro atoms. The quantitative estimate of drug-likeness (QED) is 0.373. The first-order chi connectivity index (χ1) is 17.4. The lowest BCUT2D eigenvalue weighted by Gasteiger charge is -2.25. The molecule has 1 saturated heterocycles. The van der Waals surface area contributed by atoms with Crippen molar-refractivity contribution in [1.29, 1.82) is 0 Å². The third-order valence-corrected chi connectivity index (χ3v) is 6.23. The number of hydrogen-bond donors (Lipinski definition) is 2. The zero-order valence-corrected chi connectivity index (χ0v) is 20.0. The molecule has 2 amide bonds. The van der Waals surface area contributed by atoms with E-state index in [-0.39, 0.29) is 43.3 Å². The van der Waals surface area contributed by atoms with Gasteiger partial charge in [0.25, 0.3) is 0 Å². The van der Waals surface area contributed by atoms with E-state index in [1.165, 1.54) is 29.2 Å². The van der Waals surface area contributed by atoms with Gasteiger partial charge in [-0.3, -0.25) is 9.59 Å². The van der Waals surface area contributed by atoms with E-state index in [0.29, 0.717) is 11.8 Å². The Morgan fingerprint density at radius 1 is 1.03 bits per heavy atom. The van der Waals surface area contributed by atoms with Gasteiger partial charge in [-0.05, 0) is 35.9 Å². The Morgan fingerprint density at radius 2 is 1.70 bits per heavy atom. The fraction of sp³-hybridized carbons (Fsp3) is 0.333. The number of amides is 2. The van der Waals surface area contributed by atoms with Crippen LogP contribution in [0.5, 0.6) is 0 Å². The van der Waals surface area contributed by atoms with E-state index in [4.69, 9.17) is 9.84 Å². The van der Waals surface area contributed by atoms with Crippen molar-refractivity contribution in [3.8, 4) is 0 Å². The summed E-state index contributed by atoms with van der Waals surface area (Å²) in [5, 5.41) is 11.3. The van der Waals surface area contributed by atoms with Crippen molar-refractivity contribution in [2.24, 2.45) is 0 Å². The normalized spacial score (nSPS) is 14.7. The fourth-order valence-electron chi connectivity index (χ4n) is 3.55. The van der Waals surface area contributed by atoms with Crippen molar-refractivity contribution >= 4 is 35.3 Å². The van der Waals surface area contributed by atoms with Crippen LogP contribution in [-0.4, -0.2) is 54.7 Å². The first-order valence-corrected chi connectivity index (χ1v) is 11.8. The maximum atomic E-state index is 14.0. The van der Waals surface area contributed by atoms with Crippen LogP contribution in [0.2, 0.25) is 0 Å². The van der Waals surface area contributed by atoms with Crippen molar-refractivity contribution in [3.63, 3.8) is 0 Å². The van der Waals surface area contributed by atoms with Gasteiger partial charge in [0, 0.05) is 34.6 Å². The van der Waals surface area contributed by atoms with E-state index in [2.05, 4.69) is 5.32 Å². The summed E-state index contributed by atoms with van der Waals surface area (Å²) < 4.78 is 89.2. The van der Waals surface area contributed by atoms with Crippen LogP contribution in [-0.2, 0) is 26.7 Å². The number of benzene rings is 2. The van der Waals surface area contributed by atoms with E-state index in [0.717, 1.165) is 24.3 Å². The van der Waals surface area contributed by atoms with E-state index in [1.54, 1.807) is 0 Å². The molecule has 1 aliphatic heterocycles. The van der Waals surface area contributed by atoms with Gasteiger partial charge in [0.2, 0.25) is 11.8 Å². The molecule has 3 rings (SSSR count). The summed E-state index contributed by atoms with van der Waals surface area (Å²) in [7, 11) is 0. The van der Waals surface area contributed by atoms with Gasteiger partial charge in [-0.15, -0.1) is 0 Å². The molecule has 0 saturated carbocycles. The van der Waals surface area contributed by atoms with Crippen LogP contribution in [0.25, 0.3) is 6.08 Å². The van der Waals surface area contributed by atoms with Gasteiger partial charge >= 0.3 is 12.4 Å². The molecule has 1 fully saturated rings. The van der Waals surface area contributed by atoms with Gasteiger partial charge in [0.15, 0.2) is 0 Å². The van der Waals surface area contributed by atoms with E-state index >= 15 is 0 Å². The Morgan fingerprint density at radius 3 is 2.32 bits per heavy atom. The standard InChI is InChI=1S/C24H22F6N2O4S/c25-23(26,27)21-15(5-7-20(35)32-9-12-36-13-10-32)4-6-18(22(21)24(28,29)30)37-17-3-1-2-16(14-17)31-19(34)8-11-33/h1-7,14,33H,8-13H2,(H,31,34). The van der Waals surface area contributed by atoms with E-state index in [9.17, 15) is 35.9 Å². The highest BCUT2D eigenvalue weighted by atomic mass is 32.2. The van der Waals surface area contributed by atoms with Crippen LogP contribution in [0, 0.1) is 0 Å². The minimum absolute atomic E-state index is 0.145. The minimum Gasteiger partial charge on any atom is -0.396 e. The molecule has 2 aromatic rings. The van der Waals surface area contributed by atoms with E-state index < -0.39 is 52.4 Å². The van der Waals surface area contributed by atoms with Gasteiger partial charge in [0.1, 0.15) is 0 Å². The fourth-order valence-corrected chi connectivity index (χ4v) is 4.59. The average Bonchev–Trinajstić information content (AvgIpc) is 2.82. The molecule has 0 atom stereocenters. The number of nitrogens with one attached hydrogen (secondary N) is 1. The van der Waals surface area contributed by atoms with Crippen molar-refractivity contribution in [3.05, 3.63) is 59.2 Å². The van der Waals surface area contributed by atoms with Gasteiger partial charge in [-0.2, -0.15) is 26.3 Å². The molecule has 0 aliphatic carbocycles. The molecule has 0 unspecified atom stereocenters. The second-order valence-corrected chi connectivity index (χ2v) is 8.94. The maximum Gasteiger partial charge on any atom is 0.418 e. The molecular formula is C24H22F6N2O4S. The molecule has 200 valence electrons. The summed E-state index contributed by atoms with van der Waals surface area (Å²) in [6, 6.07) is 7.36. The van der Waals surface area contributed by atoms with Crippen LogP contribution in [0.3, 0.4) is 0 Å². The third kappa shape index (κ3) is 7.73. The first kappa shape index (κ1) is 28.5. The zero-order chi connectivity index (χ0) is 27.2. The number of nitrogens with zero attached hydrogens (tertiary/aromatic N) is 1. The Bertz CT molecular complexity index is 1160. The predicted octanol–water partition coefficient (Wildman–Crippen LogP) is 5.07. The molecule has 1 heterocycles. The summed E-state index contributed by atoms with van der Waals surface area (Å²) in [6.45, 7) is 0.540. The Hall–Kier alpha value is -3.03. The molecule has 6 nitrogen and oxygen atoms in total. The topological polar surface area (TPSA) is 78.9 Å². The number of halogens is 6. The Kier molecular flexibility index (Phi) is 9.26.